The van der Waals surface area contributed by atoms with Gasteiger partial charge in [0, 0.05) is 12.7 Å². The smallest absolute Gasteiger partial charge is 0.0408 e. The summed E-state index contributed by atoms with van der Waals surface area (Å²) in [6.07, 6.45) is 16.5. The number of nitrogens with one attached hydrogen (secondary N) is 1. The lowest BCUT2D eigenvalue weighted by Crippen LogP contribution is -2.11. The highest BCUT2D eigenvalue weighted by Gasteiger charge is 2.10. The molecule has 0 spiro atoms. The molecule has 1 aliphatic rings. The maximum Gasteiger partial charge on any atom is 0.0408 e. The Morgan fingerprint density at radius 2 is 2.11 bits per heavy atom. The van der Waals surface area contributed by atoms with E-state index in [0.717, 1.165) is 19.3 Å². The fourth-order valence-electron chi connectivity index (χ4n) is 2.18. The van der Waals surface area contributed by atoms with Gasteiger partial charge in [0.1, 0.15) is 0 Å². The van der Waals surface area contributed by atoms with E-state index in [-0.39, 0.29) is 0 Å². The van der Waals surface area contributed by atoms with Crippen LogP contribution in [0.3, 0.4) is 0 Å². The Bertz CT molecular complexity index is 417. The quantitative estimate of drug-likeness (QED) is 0.668. The minimum atomic E-state index is 1.03. The molecule has 18 heavy (non-hydrogen) atoms. The molecular weight excluding hydrogens is 218 g/mol. The minimum Gasteiger partial charge on any atom is -0.388 e. The highest BCUT2D eigenvalue weighted by molar-refractivity contribution is 5.49. The molecule has 0 aliphatic heterocycles. The Hall–Kier alpha value is -1.50. The molecule has 0 aromatic heterocycles. The van der Waals surface area contributed by atoms with Gasteiger partial charge in [-0.3, -0.25) is 0 Å². The van der Waals surface area contributed by atoms with E-state index in [0.29, 0.717) is 0 Å². The summed E-state index contributed by atoms with van der Waals surface area (Å²) in [5.74, 6) is 0. The average Bonchev–Trinajstić information content (AvgIpc) is 2.89. The average molecular weight is 243 g/mol. The molecule has 0 radical (unpaired) electrons. The molecule has 0 amide bonds. The maximum atomic E-state index is 3.36. The molecule has 1 nitrogen and oxygen atoms in total. The van der Waals surface area contributed by atoms with Gasteiger partial charge in [0.15, 0.2) is 0 Å². The Morgan fingerprint density at radius 3 is 2.61 bits per heavy atom. The third-order valence-electron chi connectivity index (χ3n) is 3.11. The SMILES string of the molecule is CC\C=C/C(=C\CC)C(/C)=C(/NC)C1=CC=CC1. The number of hydrogen-bond acceptors (Lipinski definition) is 1. The molecule has 0 saturated heterocycles. The lowest BCUT2D eigenvalue weighted by Gasteiger charge is -2.14. The summed E-state index contributed by atoms with van der Waals surface area (Å²) in [6, 6.07) is 0. The zero-order valence-corrected chi connectivity index (χ0v) is 12.1. The molecule has 0 saturated carbocycles. The topological polar surface area (TPSA) is 12.0 Å². The first-order valence-electron chi connectivity index (χ1n) is 6.86. The summed E-state index contributed by atoms with van der Waals surface area (Å²) in [6.45, 7) is 6.55. The molecular formula is C17H25N. The van der Waals surface area contributed by atoms with Gasteiger partial charge in [-0.2, -0.15) is 0 Å². The number of hydrogen-bond donors (Lipinski definition) is 1. The third kappa shape index (κ3) is 3.76. The fourth-order valence-corrected chi connectivity index (χ4v) is 2.18. The van der Waals surface area contributed by atoms with E-state index in [1.807, 2.05) is 7.05 Å². The van der Waals surface area contributed by atoms with Crippen molar-refractivity contribution in [2.45, 2.75) is 40.0 Å². The van der Waals surface area contributed by atoms with Crippen LogP contribution in [0.5, 0.6) is 0 Å². The lowest BCUT2D eigenvalue weighted by molar-refractivity contribution is 0.957. The van der Waals surface area contributed by atoms with Gasteiger partial charge in [0.2, 0.25) is 0 Å². The van der Waals surface area contributed by atoms with Crippen LogP contribution in [0.25, 0.3) is 0 Å². The second-order valence-corrected chi connectivity index (χ2v) is 4.45. The summed E-state index contributed by atoms with van der Waals surface area (Å²) in [5.41, 5.74) is 5.30. The van der Waals surface area contributed by atoms with Gasteiger partial charge in [0.05, 0.1) is 0 Å². The van der Waals surface area contributed by atoms with Crippen molar-refractivity contribution in [2.24, 2.45) is 0 Å². The summed E-state index contributed by atoms with van der Waals surface area (Å²) in [7, 11) is 2.01. The largest absolute Gasteiger partial charge is 0.388 e. The van der Waals surface area contributed by atoms with Crippen molar-refractivity contribution in [1.29, 1.82) is 0 Å². The Labute approximate surface area is 112 Å². The van der Waals surface area contributed by atoms with Gasteiger partial charge in [0.25, 0.3) is 0 Å². The molecule has 0 heterocycles. The van der Waals surface area contributed by atoms with E-state index in [4.69, 9.17) is 0 Å². The molecule has 0 unspecified atom stereocenters. The van der Waals surface area contributed by atoms with Gasteiger partial charge < -0.3 is 5.32 Å². The molecule has 98 valence electrons. The molecule has 0 atom stereocenters. The minimum absolute atomic E-state index is 1.03. The second kappa shape index (κ2) is 7.75. The van der Waals surface area contributed by atoms with Gasteiger partial charge in [-0.05, 0) is 42.9 Å². The Morgan fingerprint density at radius 1 is 1.33 bits per heavy atom. The van der Waals surface area contributed by atoms with E-state index in [2.05, 4.69) is 62.5 Å². The van der Waals surface area contributed by atoms with E-state index < -0.39 is 0 Å². The van der Waals surface area contributed by atoms with Crippen molar-refractivity contribution in [3.63, 3.8) is 0 Å². The van der Waals surface area contributed by atoms with Gasteiger partial charge in [-0.25, -0.2) is 0 Å². The van der Waals surface area contributed by atoms with E-state index >= 15 is 0 Å². The van der Waals surface area contributed by atoms with Crippen LogP contribution in [0.2, 0.25) is 0 Å². The molecule has 1 N–H and O–H groups in total. The van der Waals surface area contributed by atoms with Crippen LogP contribution in [-0.2, 0) is 0 Å². The molecule has 1 rings (SSSR count). The van der Waals surface area contributed by atoms with Crippen molar-refractivity contribution in [3.8, 4) is 0 Å². The van der Waals surface area contributed by atoms with Crippen molar-refractivity contribution in [3.05, 3.63) is 58.9 Å². The standard InChI is InChI=1S/C17H25N/c1-5-7-11-15(10-6-2)14(3)17(18-4)16-12-8-9-13-16/h7-12,18H,5-6,13H2,1-4H3/b11-7-,15-10+,17-14+. The monoisotopic (exact) mass is 243 g/mol. The zero-order chi connectivity index (χ0) is 13.4. The van der Waals surface area contributed by atoms with Crippen LogP contribution in [-0.4, -0.2) is 7.05 Å². The molecule has 1 heteroatoms. The second-order valence-electron chi connectivity index (χ2n) is 4.45. The Kier molecular flexibility index (Phi) is 6.27. The van der Waals surface area contributed by atoms with Gasteiger partial charge >= 0.3 is 0 Å². The molecule has 0 bridgehead atoms. The van der Waals surface area contributed by atoms with Crippen LogP contribution < -0.4 is 5.32 Å². The van der Waals surface area contributed by atoms with E-state index in [1.165, 1.54) is 22.4 Å². The summed E-state index contributed by atoms with van der Waals surface area (Å²) >= 11 is 0. The number of allylic oxidation sites excluding steroid dienone is 9. The number of rotatable bonds is 6. The highest BCUT2D eigenvalue weighted by Crippen LogP contribution is 2.25. The zero-order valence-electron chi connectivity index (χ0n) is 12.1. The predicted molar refractivity (Wildman–Crippen MR) is 81.4 cm³/mol. The molecule has 1 aliphatic carbocycles. The van der Waals surface area contributed by atoms with Crippen LogP contribution in [0.1, 0.15) is 40.0 Å². The van der Waals surface area contributed by atoms with Gasteiger partial charge in [-0.1, -0.05) is 50.3 Å². The first kappa shape index (κ1) is 14.6. The van der Waals surface area contributed by atoms with E-state index in [9.17, 15) is 0 Å². The van der Waals surface area contributed by atoms with Crippen molar-refractivity contribution < 1.29 is 0 Å². The maximum absolute atomic E-state index is 3.36. The first-order valence-corrected chi connectivity index (χ1v) is 6.86. The molecule has 0 fully saturated rings. The van der Waals surface area contributed by atoms with Crippen molar-refractivity contribution in [2.75, 3.05) is 7.05 Å². The van der Waals surface area contributed by atoms with Crippen LogP contribution in [0.4, 0.5) is 0 Å². The fraction of sp³-hybridized carbons (Fsp3) is 0.412. The van der Waals surface area contributed by atoms with Crippen LogP contribution in [0, 0.1) is 0 Å². The normalized spacial score (nSPS) is 17.1. The lowest BCUT2D eigenvalue weighted by atomic mass is 9.99. The summed E-state index contributed by atoms with van der Waals surface area (Å²) in [4.78, 5) is 0. The summed E-state index contributed by atoms with van der Waals surface area (Å²) < 4.78 is 0. The molecule has 0 aromatic rings. The van der Waals surface area contributed by atoms with Gasteiger partial charge in [-0.15, -0.1) is 0 Å². The van der Waals surface area contributed by atoms with Crippen molar-refractivity contribution in [1.82, 2.24) is 5.32 Å². The first-order chi connectivity index (χ1) is 8.74. The predicted octanol–water partition coefficient (Wildman–Crippen LogP) is 4.67. The van der Waals surface area contributed by atoms with Crippen LogP contribution >= 0.6 is 0 Å². The van der Waals surface area contributed by atoms with Crippen molar-refractivity contribution >= 4 is 0 Å². The van der Waals surface area contributed by atoms with E-state index in [1.54, 1.807) is 0 Å². The highest BCUT2D eigenvalue weighted by atomic mass is 14.8. The molecule has 0 aromatic carbocycles. The third-order valence-corrected chi connectivity index (χ3v) is 3.11. The van der Waals surface area contributed by atoms with Crippen LogP contribution in [0.15, 0.2) is 58.9 Å². The summed E-state index contributed by atoms with van der Waals surface area (Å²) in [5, 5.41) is 3.36. The Balaban J connectivity index is 3.07. The number of likely N-dealkylation sites (N-methyl/N-ethyl adjacent to an activating group) is 1.